The third-order valence-electron chi connectivity index (χ3n) is 6.58. The molecule has 4 atom stereocenters. The molecule has 3 aliphatic rings. The summed E-state index contributed by atoms with van der Waals surface area (Å²) in [5.74, 6) is -1.95. The Morgan fingerprint density at radius 3 is 1.55 bits per heavy atom. The van der Waals surface area contributed by atoms with Gasteiger partial charge in [-0.1, -0.05) is 6.42 Å². The summed E-state index contributed by atoms with van der Waals surface area (Å²) in [7, 11) is 5.94. The Balaban J connectivity index is 2.25. The van der Waals surface area contributed by atoms with Crippen LogP contribution in [-0.2, 0) is 28.5 Å². The number of carbonyl (C=O) groups is 2. The maximum absolute atomic E-state index is 12.8. The van der Waals surface area contributed by atoms with Crippen molar-refractivity contribution in [2.24, 2.45) is 22.7 Å². The minimum absolute atomic E-state index is 0.186. The van der Waals surface area contributed by atoms with Crippen LogP contribution in [0.15, 0.2) is 0 Å². The molecule has 3 fully saturated rings. The van der Waals surface area contributed by atoms with Crippen LogP contribution >= 0.6 is 0 Å². The lowest BCUT2D eigenvalue weighted by molar-refractivity contribution is -0.246. The summed E-state index contributed by atoms with van der Waals surface area (Å²) in [5.41, 5.74) is -1.80. The van der Waals surface area contributed by atoms with E-state index < -0.39 is 16.6 Å². The molecule has 0 aromatic rings. The molecular formula is C16H24O6. The van der Waals surface area contributed by atoms with Crippen LogP contribution in [-0.4, -0.2) is 46.2 Å². The summed E-state index contributed by atoms with van der Waals surface area (Å²) < 4.78 is 21.8. The normalized spacial score (nSPS) is 41.3. The van der Waals surface area contributed by atoms with E-state index >= 15 is 0 Å². The first-order valence-corrected chi connectivity index (χ1v) is 7.79. The van der Waals surface area contributed by atoms with Gasteiger partial charge in [-0.3, -0.25) is 9.59 Å². The highest BCUT2D eigenvalue weighted by molar-refractivity contribution is 5.91. The number of hydrogen-bond donors (Lipinski definition) is 0. The van der Waals surface area contributed by atoms with Crippen LogP contribution in [0, 0.1) is 22.7 Å². The average Bonchev–Trinajstić information content (AvgIpc) is 3.18. The number of hydrogen-bond acceptors (Lipinski definition) is 6. The topological polar surface area (TPSA) is 71.1 Å². The number of fused-ring (bicyclic) bond motifs is 5. The van der Waals surface area contributed by atoms with Crippen molar-refractivity contribution in [2.45, 2.75) is 37.9 Å². The van der Waals surface area contributed by atoms with E-state index in [9.17, 15) is 9.59 Å². The zero-order chi connectivity index (χ0) is 16.2. The molecule has 0 aromatic heterocycles. The molecule has 0 heterocycles. The van der Waals surface area contributed by atoms with Crippen molar-refractivity contribution in [1.82, 2.24) is 0 Å². The molecule has 0 aliphatic heterocycles. The van der Waals surface area contributed by atoms with Crippen molar-refractivity contribution in [3.05, 3.63) is 0 Å². The van der Waals surface area contributed by atoms with E-state index in [0.717, 1.165) is 19.3 Å². The van der Waals surface area contributed by atoms with Gasteiger partial charge in [0.15, 0.2) is 5.79 Å². The van der Waals surface area contributed by atoms with Crippen LogP contribution in [0.1, 0.15) is 32.1 Å². The molecule has 0 N–H and O–H groups in total. The smallest absolute Gasteiger partial charge is 0.313 e. The van der Waals surface area contributed by atoms with Crippen molar-refractivity contribution >= 4 is 11.9 Å². The Kier molecular flexibility index (Phi) is 3.53. The molecule has 2 bridgehead atoms. The minimum atomic E-state index is -0.914. The average molecular weight is 312 g/mol. The van der Waals surface area contributed by atoms with E-state index in [-0.39, 0.29) is 23.8 Å². The lowest BCUT2D eigenvalue weighted by atomic mass is 9.57. The lowest BCUT2D eigenvalue weighted by Crippen LogP contribution is -2.53. The zero-order valence-electron chi connectivity index (χ0n) is 13.6. The molecule has 22 heavy (non-hydrogen) atoms. The van der Waals surface area contributed by atoms with Gasteiger partial charge in [0.1, 0.15) is 0 Å². The van der Waals surface area contributed by atoms with Gasteiger partial charge < -0.3 is 18.9 Å². The number of methoxy groups -OCH3 is 4. The third kappa shape index (κ3) is 1.35. The van der Waals surface area contributed by atoms with Gasteiger partial charge in [-0.15, -0.1) is 0 Å². The highest BCUT2D eigenvalue weighted by atomic mass is 16.7. The molecular weight excluding hydrogens is 288 g/mol. The van der Waals surface area contributed by atoms with Crippen molar-refractivity contribution in [3.63, 3.8) is 0 Å². The van der Waals surface area contributed by atoms with E-state index in [2.05, 4.69) is 0 Å². The lowest BCUT2D eigenvalue weighted by Gasteiger charge is -2.43. The first-order chi connectivity index (χ1) is 10.5. The number of carbonyl (C=O) groups excluding carboxylic acids is 2. The molecule has 0 aromatic carbocycles. The van der Waals surface area contributed by atoms with E-state index in [1.54, 1.807) is 14.2 Å². The Hall–Kier alpha value is -1.14. The zero-order valence-corrected chi connectivity index (χ0v) is 13.6. The van der Waals surface area contributed by atoms with E-state index in [0.29, 0.717) is 12.8 Å². The molecule has 3 aliphatic carbocycles. The van der Waals surface area contributed by atoms with Crippen molar-refractivity contribution in [3.8, 4) is 0 Å². The van der Waals surface area contributed by atoms with Gasteiger partial charge in [0.05, 0.1) is 25.0 Å². The molecule has 0 unspecified atom stereocenters. The Morgan fingerprint density at radius 2 is 1.23 bits per heavy atom. The van der Waals surface area contributed by atoms with Gasteiger partial charge in [-0.2, -0.15) is 0 Å². The van der Waals surface area contributed by atoms with Gasteiger partial charge >= 0.3 is 11.9 Å². The van der Waals surface area contributed by atoms with Gasteiger partial charge in [0.25, 0.3) is 0 Å². The number of esters is 2. The SMILES string of the molecule is COC(=O)[C@]12CCC[C@@]1(C(=O)OC)[C@@H]1CC[C@H]2C1(OC)OC. The Morgan fingerprint density at radius 1 is 0.818 bits per heavy atom. The second-order valence-electron chi connectivity index (χ2n) is 6.59. The molecule has 0 saturated heterocycles. The standard InChI is InChI=1S/C16H24O6/c1-19-12(17)14-8-5-9-15(14,13(18)20-2)11-7-6-10(14)16(11,21-3)22-4/h10-11H,5-9H2,1-4H3/t10-,11+,14-,15+. The van der Waals surface area contributed by atoms with Crippen LogP contribution in [0.4, 0.5) is 0 Å². The number of ether oxygens (including phenoxy) is 4. The summed E-state index contributed by atoms with van der Waals surface area (Å²) in [6.45, 7) is 0. The maximum Gasteiger partial charge on any atom is 0.313 e. The quantitative estimate of drug-likeness (QED) is 0.579. The van der Waals surface area contributed by atoms with Crippen molar-refractivity contribution in [1.29, 1.82) is 0 Å². The van der Waals surface area contributed by atoms with Gasteiger partial charge in [-0.05, 0) is 25.7 Å². The van der Waals surface area contributed by atoms with Crippen LogP contribution < -0.4 is 0 Å². The highest BCUT2D eigenvalue weighted by Gasteiger charge is 2.85. The maximum atomic E-state index is 12.8. The fourth-order valence-electron chi connectivity index (χ4n) is 6.09. The van der Waals surface area contributed by atoms with Crippen molar-refractivity contribution in [2.75, 3.05) is 28.4 Å². The van der Waals surface area contributed by atoms with Gasteiger partial charge in [-0.25, -0.2) is 0 Å². The fraction of sp³-hybridized carbons (Fsp3) is 0.875. The highest BCUT2D eigenvalue weighted by Crippen LogP contribution is 2.77. The summed E-state index contributed by atoms with van der Waals surface area (Å²) in [4.78, 5) is 25.6. The molecule has 0 amide bonds. The first-order valence-electron chi connectivity index (χ1n) is 7.79. The molecule has 124 valence electrons. The van der Waals surface area contributed by atoms with E-state index in [1.165, 1.54) is 14.2 Å². The molecule has 6 nitrogen and oxygen atoms in total. The predicted octanol–water partition coefficient (Wildman–Crippen LogP) is 1.52. The minimum Gasteiger partial charge on any atom is -0.469 e. The van der Waals surface area contributed by atoms with Crippen molar-refractivity contribution < 1.29 is 28.5 Å². The van der Waals surface area contributed by atoms with Crippen LogP contribution in [0.3, 0.4) is 0 Å². The monoisotopic (exact) mass is 312 g/mol. The van der Waals surface area contributed by atoms with Gasteiger partial charge in [0.2, 0.25) is 0 Å². The van der Waals surface area contributed by atoms with Crippen LogP contribution in [0.25, 0.3) is 0 Å². The predicted molar refractivity (Wildman–Crippen MR) is 75.7 cm³/mol. The largest absolute Gasteiger partial charge is 0.469 e. The second-order valence-corrected chi connectivity index (χ2v) is 6.59. The molecule has 0 spiro atoms. The summed E-state index contributed by atoms with van der Waals surface area (Å²) >= 11 is 0. The summed E-state index contributed by atoms with van der Waals surface area (Å²) in [6, 6.07) is 0. The van der Waals surface area contributed by atoms with Crippen LogP contribution in [0.2, 0.25) is 0 Å². The number of rotatable bonds is 4. The fourth-order valence-corrected chi connectivity index (χ4v) is 6.09. The van der Waals surface area contributed by atoms with Crippen LogP contribution in [0.5, 0.6) is 0 Å². The van der Waals surface area contributed by atoms with E-state index in [1.807, 2.05) is 0 Å². The first kappa shape index (κ1) is 15.7. The summed E-state index contributed by atoms with van der Waals surface area (Å²) in [5, 5.41) is 0. The molecule has 0 radical (unpaired) electrons. The molecule has 3 rings (SSSR count). The molecule has 6 heteroatoms. The van der Waals surface area contributed by atoms with E-state index in [4.69, 9.17) is 18.9 Å². The Labute approximate surface area is 130 Å². The van der Waals surface area contributed by atoms with Gasteiger partial charge in [0, 0.05) is 26.1 Å². The second kappa shape index (κ2) is 4.93. The summed E-state index contributed by atoms with van der Waals surface area (Å²) in [6.07, 6.45) is 3.62. The molecule has 3 saturated carbocycles. The Bertz CT molecular complexity index is 459. The third-order valence-corrected chi connectivity index (χ3v) is 6.58.